The highest BCUT2D eigenvalue weighted by Gasteiger charge is 2.23. The van der Waals surface area contributed by atoms with Crippen LogP contribution in [0.1, 0.15) is 57.7 Å². The number of nitrogens with zero attached hydrogens (tertiary/aromatic N) is 3. The first-order valence-corrected chi connectivity index (χ1v) is 11.4. The van der Waals surface area contributed by atoms with Gasteiger partial charge in [0.15, 0.2) is 5.65 Å². The number of rotatable bonds is 8. The van der Waals surface area contributed by atoms with Crippen LogP contribution in [-0.2, 0) is 11.2 Å². The predicted octanol–water partition coefficient (Wildman–Crippen LogP) is 3.71. The molecule has 34 heavy (non-hydrogen) atoms. The van der Waals surface area contributed by atoms with E-state index in [2.05, 4.69) is 39.7 Å². The number of carbonyl (C=O) groups is 2. The number of benzene rings is 2. The van der Waals surface area contributed by atoms with Gasteiger partial charge < -0.3 is 11.1 Å². The predicted molar refractivity (Wildman–Crippen MR) is 132 cm³/mol. The molecule has 4 aromatic rings. The van der Waals surface area contributed by atoms with Crippen LogP contribution in [0.25, 0.3) is 5.65 Å². The van der Waals surface area contributed by atoms with E-state index in [0.29, 0.717) is 18.5 Å². The first-order valence-electron chi connectivity index (χ1n) is 11.4. The van der Waals surface area contributed by atoms with E-state index in [4.69, 9.17) is 5.73 Å². The Morgan fingerprint density at radius 3 is 2.15 bits per heavy atom. The molecule has 3 N–H and O–H groups in total. The molecule has 0 spiro atoms. The van der Waals surface area contributed by atoms with Crippen molar-refractivity contribution in [2.75, 3.05) is 0 Å². The second-order valence-corrected chi connectivity index (χ2v) is 8.57. The van der Waals surface area contributed by atoms with Gasteiger partial charge in [0.05, 0.1) is 6.20 Å². The summed E-state index contributed by atoms with van der Waals surface area (Å²) in [5.74, 6) is -0.542. The van der Waals surface area contributed by atoms with Crippen molar-refractivity contribution in [1.82, 2.24) is 19.9 Å². The fraction of sp³-hybridized carbons (Fsp3) is 0.259. The molecule has 7 nitrogen and oxygen atoms in total. The Bertz CT molecular complexity index is 1280. The summed E-state index contributed by atoms with van der Waals surface area (Å²) in [4.78, 5) is 29.1. The van der Waals surface area contributed by atoms with Gasteiger partial charge in [0.1, 0.15) is 5.56 Å². The van der Waals surface area contributed by atoms with Gasteiger partial charge in [-0.15, -0.1) is 0 Å². The van der Waals surface area contributed by atoms with E-state index in [-0.39, 0.29) is 23.4 Å². The maximum atomic E-state index is 13.0. The highest BCUT2D eigenvalue weighted by atomic mass is 16.2. The fourth-order valence-electron chi connectivity index (χ4n) is 4.59. The van der Waals surface area contributed by atoms with Crippen molar-refractivity contribution < 1.29 is 9.59 Å². The highest BCUT2D eigenvalue weighted by molar-refractivity contribution is 5.98. The quantitative estimate of drug-likeness (QED) is 0.423. The Morgan fingerprint density at radius 1 is 1.00 bits per heavy atom. The molecule has 0 aliphatic heterocycles. The normalized spacial score (nSPS) is 12.1. The molecule has 0 radical (unpaired) electrons. The standard InChI is InChI=1S/C27H29N5O2/c1-17-22(19(3)32-27(31-17)23(16-29-32)26(28)34)14-15-24(33)30-18(2)25(20-10-6-4-7-11-20)21-12-8-5-9-13-21/h4-13,16,18,25H,14-15H2,1-3H3,(H2,28,34)(H,30,33). The summed E-state index contributed by atoms with van der Waals surface area (Å²) in [6, 6.07) is 20.4. The van der Waals surface area contributed by atoms with Crippen molar-refractivity contribution in [3.05, 3.63) is 101 Å². The summed E-state index contributed by atoms with van der Waals surface area (Å²) < 4.78 is 1.61. The van der Waals surface area contributed by atoms with Crippen molar-refractivity contribution in [3.63, 3.8) is 0 Å². The molecule has 2 aromatic heterocycles. The van der Waals surface area contributed by atoms with E-state index in [1.54, 1.807) is 4.52 Å². The Kier molecular flexibility index (Phi) is 6.72. The number of fused-ring (bicyclic) bond motifs is 1. The summed E-state index contributed by atoms with van der Waals surface area (Å²) in [7, 11) is 0. The molecule has 7 heteroatoms. The lowest BCUT2D eigenvalue weighted by Crippen LogP contribution is -2.37. The van der Waals surface area contributed by atoms with Gasteiger partial charge in [0, 0.05) is 29.8 Å². The molecule has 0 saturated carbocycles. The molecular formula is C27H29N5O2. The number of nitrogens with one attached hydrogen (secondary N) is 1. The average Bonchev–Trinajstić information content (AvgIpc) is 3.25. The van der Waals surface area contributed by atoms with Crippen LogP contribution in [0.15, 0.2) is 66.9 Å². The van der Waals surface area contributed by atoms with Crippen molar-refractivity contribution in [2.24, 2.45) is 5.73 Å². The molecule has 1 atom stereocenters. The molecule has 2 heterocycles. The molecule has 174 valence electrons. The molecule has 0 saturated heterocycles. The SMILES string of the molecule is Cc1nc2c(C(N)=O)cnn2c(C)c1CCC(=O)NC(C)C(c1ccccc1)c1ccccc1. The largest absolute Gasteiger partial charge is 0.365 e. The summed E-state index contributed by atoms with van der Waals surface area (Å²) in [6.45, 7) is 5.83. The Labute approximate surface area is 199 Å². The second kappa shape index (κ2) is 9.87. The summed E-state index contributed by atoms with van der Waals surface area (Å²) in [5, 5.41) is 7.46. The first-order chi connectivity index (χ1) is 16.4. The molecule has 0 aliphatic rings. The number of hydrogen-bond donors (Lipinski definition) is 2. The van der Waals surface area contributed by atoms with Gasteiger partial charge in [-0.3, -0.25) is 9.59 Å². The van der Waals surface area contributed by atoms with Crippen LogP contribution < -0.4 is 11.1 Å². The maximum absolute atomic E-state index is 13.0. The molecular weight excluding hydrogens is 426 g/mol. The van der Waals surface area contributed by atoms with Gasteiger partial charge in [-0.25, -0.2) is 9.50 Å². The van der Waals surface area contributed by atoms with Crippen LogP contribution in [0.2, 0.25) is 0 Å². The number of aromatic nitrogens is 3. The number of nitrogens with two attached hydrogens (primary N) is 1. The van der Waals surface area contributed by atoms with Crippen LogP contribution >= 0.6 is 0 Å². The lowest BCUT2D eigenvalue weighted by atomic mass is 9.85. The van der Waals surface area contributed by atoms with E-state index in [1.807, 2.05) is 57.2 Å². The number of hydrogen-bond acceptors (Lipinski definition) is 4. The highest BCUT2D eigenvalue weighted by Crippen LogP contribution is 2.28. The summed E-state index contributed by atoms with van der Waals surface area (Å²) >= 11 is 0. The monoisotopic (exact) mass is 455 g/mol. The van der Waals surface area contributed by atoms with E-state index in [1.165, 1.54) is 6.20 Å². The fourth-order valence-corrected chi connectivity index (χ4v) is 4.59. The minimum atomic E-state index is -0.561. The maximum Gasteiger partial charge on any atom is 0.254 e. The van der Waals surface area contributed by atoms with Gasteiger partial charge in [0.2, 0.25) is 5.91 Å². The van der Waals surface area contributed by atoms with Crippen LogP contribution in [0.4, 0.5) is 0 Å². The van der Waals surface area contributed by atoms with Gasteiger partial charge >= 0.3 is 0 Å². The third kappa shape index (κ3) is 4.69. The smallest absolute Gasteiger partial charge is 0.254 e. The Morgan fingerprint density at radius 2 is 1.59 bits per heavy atom. The van der Waals surface area contributed by atoms with Gasteiger partial charge in [0.25, 0.3) is 5.91 Å². The Hall–Kier alpha value is -4.00. The zero-order chi connectivity index (χ0) is 24.2. The van der Waals surface area contributed by atoms with Crippen LogP contribution in [-0.4, -0.2) is 32.5 Å². The van der Waals surface area contributed by atoms with Crippen molar-refractivity contribution in [2.45, 2.75) is 45.6 Å². The van der Waals surface area contributed by atoms with Gasteiger partial charge in [-0.2, -0.15) is 5.10 Å². The van der Waals surface area contributed by atoms with Crippen molar-refractivity contribution >= 4 is 17.5 Å². The third-order valence-electron chi connectivity index (χ3n) is 6.28. The number of primary amides is 1. The van der Waals surface area contributed by atoms with E-state index in [0.717, 1.165) is 28.1 Å². The molecule has 1 unspecified atom stereocenters. The van der Waals surface area contributed by atoms with Crippen molar-refractivity contribution in [1.29, 1.82) is 0 Å². The second-order valence-electron chi connectivity index (χ2n) is 8.57. The molecule has 2 aromatic carbocycles. The number of amides is 2. The average molecular weight is 456 g/mol. The van der Waals surface area contributed by atoms with E-state index >= 15 is 0 Å². The van der Waals surface area contributed by atoms with Crippen LogP contribution in [0.3, 0.4) is 0 Å². The van der Waals surface area contributed by atoms with Gasteiger partial charge in [-0.05, 0) is 43.9 Å². The van der Waals surface area contributed by atoms with Crippen LogP contribution in [0.5, 0.6) is 0 Å². The minimum absolute atomic E-state index is 0.0263. The van der Waals surface area contributed by atoms with Gasteiger partial charge in [-0.1, -0.05) is 60.7 Å². The lowest BCUT2D eigenvalue weighted by Gasteiger charge is -2.26. The third-order valence-corrected chi connectivity index (χ3v) is 6.28. The van der Waals surface area contributed by atoms with Crippen molar-refractivity contribution in [3.8, 4) is 0 Å². The molecule has 4 rings (SSSR count). The number of carbonyl (C=O) groups excluding carboxylic acids is 2. The minimum Gasteiger partial charge on any atom is -0.365 e. The topological polar surface area (TPSA) is 102 Å². The molecule has 0 fully saturated rings. The first kappa shape index (κ1) is 23.2. The number of aryl methyl sites for hydroxylation is 2. The molecule has 2 amide bonds. The van der Waals surface area contributed by atoms with E-state index in [9.17, 15) is 9.59 Å². The summed E-state index contributed by atoms with van der Waals surface area (Å²) in [5.41, 5.74) is 11.0. The Balaban J connectivity index is 1.50. The molecule has 0 bridgehead atoms. The molecule has 0 aliphatic carbocycles. The lowest BCUT2D eigenvalue weighted by molar-refractivity contribution is -0.121. The van der Waals surface area contributed by atoms with Crippen LogP contribution in [0, 0.1) is 13.8 Å². The van der Waals surface area contributed by atoms with E-state index < -0.39 is 5.91 Å². The zero-order valence-electron chi connectivity index (χ0n) is 19.7. The zero-order valence-corrected chi connectivity index (χ0v) is 19.7. The summed E-state index contributed by atoms with van der Waals surface area (Å²) in [6.07, 6.45) is 2.27.